The monoisotopic (exact) mass is 198 g/mol. The van der Waals surface area contributed by atoms with Crippen LogP contribution in [0.15, 0.2) is 11.1 Å². The normalized spacial score (nSPS) is 17.6. The predicted octanol–water partition coefficient (Wildman–Crippen LogP) is 3.92. The second-order valence-electron chi connectivity index (χ2n) is 4.46. The van der Waals surface area contributed by atoms with E-state index in [0.29, 0.717) is 5.92 Å². The van der Waals surface area contributed by atoms with Crippen LogP contribution in [0.2, 0.25) is 0 Å². The molecule has 2 unspecified atom stereocenters. The maximum absolute atomic E-state index is 9.96. The van der Waals surface area contributed by atoms with Crippen LogP contribution in [-0.4, -0.2) is 11.2 Å². The molecule has 0 spiro atoms. The fraction of sp³-hybridized carbons (Fsp3) is 0.846. The Morgan fingerprint density at radius 1 is 1.21 bits per heavy atom. The van der Waals surface area contributed by atoms with Crippen molar-refractivity contribution in [1.82, 2.24) is 0 Å². The first-order valence-electron chi connectivity index (χ1n) is 5.87. The van der Waals surface area contributed by atoms with Crippen molar-refractivity contribution >= 4 is 0 Å². The zero-order valence-electron chi connectivity index (χ0n) is 10.4. The zero-order chi connectivity index (χ0) is 11.1. The molecule has 0 rings (SSSR count). The van der Waals surface area contributed by atoms with Crippen molar-refractivity contribution < 1.29 is 5.11 Å². The van der Waals surface area contributed by atoms with Crippen molar-refractivity contribution in [2.75, 3.05) is 0 Å². The van der Waals surface area contributed by atoms with Gasteiger partial charge in [-0.2, -0.15) is 0 Å². The van der Waals surface area contributed by atoms with Gasteiger partial charge in [0.15, 0.2) is 0 Å². The Balaban J connectivity index is 4.13. The highest BCUT2D eigenvalue weighted by Gasteiger charge is 2.12. The van der Waals surface area contributed by atoms with E-state index < -0.39 is 0 Å². The van der Waals surface area contributed by atoms with Gasteiger partial charge in [0.05, 0.1) is 6.10 Å². The summed E-state index contributed by atoms with van der Waals surface area (Å²) in [6.45, 7) is 10.7. The number of hydrogen-bond donors (Lipinski definition) is 1. The van der Waals surface area contributed by atoms with Crippen molar-refractivity contribution in [3.05, 3.63) is 11.1 Å². The summed E-state index contributed by atoms with van der Waals surface area (Å²) in [7, 11) is 0. The molecule has 1 nitrogen and oxygen atoms in total. The Morgan fingerprint density at radius 2 is 1.79 bits per heavy atom. The van der Waals surface area contributed by atoms with Gasteiger partial charge in [-0.15, -0.1) is 0 Å². The average Bonchev–Trinajstić information content (AvgIpc) is 2.15. The number of aliphatic hydroxyl groups is 1. The van der Waals surface area contributed by atoms with E-state index >= 15 is 0 Å². The summed E-state index contributed by atoms with van der Waals surface area (Å²) in [6.07, 6.45) is 4.16. The van der Waals surface area contributed by atoms with E-state index in [1.807, 2.05) is 0 Å². The Bertz CT molecular complexity index is 182. The smallest absolute Gasteiger partial charge is 0.0752 e. The third-order valence-corrected chi connectivity index (χ3v) is 3.11. The van der Waals surface area contributed by atoms with Crippen LogP contribution < -0.4 is 0 Å². The van der Waals surface area contributed by atoms with Crippen LogP contribution in [0, 0.1) is 5.92 Å². The molecule has 0 aliphatic rings. The van der Waals surface area contributed by atoms with E-state index in [2.05, 4.69) is 34.6 Å². The lowest BCUT2D eigenvalue weighted by Crippen LogP contribution is -2.14. The molecule has 0 bridgehead atoms. The van der Waals surface area contributed by atoms with E-state index in [9.17, 15) is 5.11 Å². The molecule has 0 saturated carbocycles. The second kappa shape index (κ2) is 7.05. The number of hydrogen-bond acceptors (Lipinski definition) is 1. The maximum atomic E-state index is 9.96. The highest BCUT2D eigenvalue weighted by molar-refractivity contribution is 5.13. The molecule has 84 valence electrons. The first kappa shape index (κ1) is 13.7. The largest absolute Gasteiger partial charge is 0.389 e. The summed E-state index contributed by atoms with van der Waals surface area (Å²) in [5, 5.41) is 9.96. The van der Waals surface area contributed by atoms with Crippen LogP contribution in [0.4, 0.5) is 0 Å². The first-order valence-corrected chi connectivity index (χ1v) is 5.87. The maximum Gasteiger partial charge on any atom is 0.0752 e. The van der Waals surface area contributed by atoms with Gasteiger partial charge in [0.25, 0.3) is 0 Å². The van der Waals surface area contributed by atoms with Gasteiger partial charge in [-0.25, -0.2) is 0 Å². The zero-order valence-corrected chi connectivity index (χ0v) is 10.4. The fourth-order valence-electron chi connectivity index (χ4n) is 1.73. The summed E-state index contributed by atoms with van der Waals surface area (Å²) in [6, 6.07) is 0. The molecular weight excluding hydrogens is 172 g/mol. The topological polar surface area (TPSA) is 20.2 Å². The standard InChI is InChI=1S/C13H26O/c1-6-8-10(3)9-13(14)12(5)11(4)7-2/h10,13-14H,6-9H2,1-5H3. The Hall–Kier alpha value is -0.300. The van der Waals surface area contributed by atoms with Crippen LogP contribution >= 0.6 is 0 Å². The van der Waals surface area contributed by atoms with Gasteiger partial charge < -0.3 is 5.11 Å². The second-order valence-corrected chi connectivity index (χ2v) is 4.46. The average molecular weight is 198 g/mol. The predicted molar refractivity (Wildman–Crippen MR) is 63.4 cm³/mol. The summed E-state index contributed by atoms with van der Waals surface area (Å²) < 4.78 is 0. The molecule has 0 amide bonds. The quantitative estimate of drug-likeness (QED) is 0.641. The molecule has 0 fully saturated rings. The molecule has 0 aliphatic carbocycles. The molecule has 1 N–H and O–H groups in total. The van der Waals surface area contributed by atoms with Crippen molar-refractivity contribution in [2.24, 2.45) is 5.92 Å². The van der Waals surface area contributed by atoms with E-state index in [-0.39, 0.29) is 6.10 Å². The minimum atomic E-state index is -0.225. The lowest BCUT2D eigenvalue weighted by molar-refractivity contribution is 0.175. The van der Waals surface area contributed by atoms with Crippen LogP contribution in [0.3, 0.4) is 0 Å². The summed E-state index contributed by atoms with van der Waals surface area (Å²) in [5.41, 5.74) is 2.51. The van der Waals surface area contributed by atoms with Gasteiger partial charge in [0.2, 0.25) is 0 Å². The minimum absolute atomic E-state index is 0.225. The Labute approximate surface area is 89.2 Å². The van der Waals surface area contributed by atoms with E-state index in [4.69, 9.17) is 0 Å². The lowest BCUT2D eigenvalue weighted by Gasteiger charge is -2.18. The molecule has 0 radical (unpaired) electrons. The van der Waals surface area contributed by atoms with Gasteiger partial charge >= 0.3 is 0 Å². The van der Waals surface area contributed by atoms with E-state index in [0.717, 1.165) is 12.8 Å². The van der Waals surface area contributed by atoms with Gasteiger partial charge in [0.1, 0.15) is 0 Å². The molecule has 0 aliphatic heterocycles. The van der Waals surface area contributed by atoms with Crippen LogP contribution in [-0.2, 0) is 0 Å². The molecular formula is C13H26O. The Kier molecular flexibility index (Phi) is 6.90. The van der Waals surface area contributed by atoms with Crippen LogP contribution in [0.25, 0.3) is 0 Å². The van der Waals surface area contributed by atoms with E-state index in [1.165, 1.54) is 24.0 Å². The molecule has 0 aromatic carbocycles. The molecule has 0 aromatic rings. The van der Waals surface area contributed by atoms with Crippen LogP contribution in [0.1, 0.15) is 60.3 Å². The van der Waals surface area contributed by atoms with Gasteiger partial charge in [-0.3, -0.25) is 0 Å². The summed E-state index contributed by atoms with van der Waals surface area (Å²) in [4.78, 5) is 0. The van der Waals surface area contributed by atoms with Crippen molar-refractivity contribution in [3.8, 4) is 0 Å². The number of rotatable bonds is 6. The summed E-state index contributed by atoms with van der Waals surface area (Å²) in [5.74, 6) is 0.634. The highest BCUT2D eigenvalue weighted by atomic mass is 16.3. The fourth-order valence-corrected chi connectivity index (χ4v) is 1.73. The molecule has 0 saturated heterocycles. The van der Waals surface area contributed by atoms with Gasteiger partial charge in [0, 0.05) is 0 Å². The molecule has 1 heteroatoms. The molecule has 0 heterocycles. The van der Waals surface area contributed by atoms with Gasteiger partial charge in [-0.05, 0) is 38.2 Å². The van der Waals surface area contributed by atoms with Crippen LogP contribution in [0.5, 0.6) is 0 Å². The SMILES string of the molecule is CCCC(C)CC(O)C(C)=C(C)CC. The molecule has 14 heavy (non-hydrogen) atoms. The minimum Gasteiger partial charge on any atom is -0.389 e. The summed E-state index contributed by atoms with van der Waals surface area (Å²) >= 11 is 0. The Morgan fingerprint density at radius 3 is 2.21 bits per heavy atom. The molecule has 0 aromatic heterocycles. The van der Waals surface area contributed by atoms with Crippen molar-refractivity contribution in [2.45, 2.75) is 66.4 Å². The van der Waals surface area contributed by atoms with Crippen molar-refractivity contribution in [1.29, 1.82) is 0 Å². The number of aliphatic hydroxyl groups excluding tert-OH is 1. The van der Waals surface area contributed by atoms with E-state index in [1.54, 1.807) is 0 Å². The van der Waals surface area contributed by atoms with Crippen molar-refractivity contribution in [3.63, 3.8) is 0 Å². The third kappa shape index (κ3) is 4.80. The first-order chi connectivity index (χ1) is 6.52. The van der Waals surface area contributed by atoms with Gasteiger partial charge in [-0.1, -0.05) is 39.2 Å². The molecule has 2 atom stereocenters. The third-order valence-electron chi connectivity index (χ3n) is 3.11. The lowest BCUT2D eigenvalue weighted by atomic mass is 9.93. The number of allylic oxidation sites excluding steroid dienone is 1. The highest BCUT2D eigenvalue weighted by Crippen LogP contribution is 2.20.